The highest BCUT2D eigenvalue weighted by atomic mass is 16.7. The van der Waals surface area contributed by atoms with Gasteiger partial charge < -0.3 is 19.5 Å². The molecule has 9 nitrogen and oxygen atoms in total. The third kappa shape index (κ3) is 4.32. The molecule has 0 aliphatic carbocycles. The number of amides is 1. The molecule has 2 aromatic carbocycles. The molecule has 0 fully saturated rings. The van der Waals surface area contributed by atoms with Crippen LogP contribution < -0.4 is 14.8 Å². The van der Waals surface area contributed by atoms with Crippen LogP contribution in [0.5, 0.6) is 11.5 Å². The predicted octanol–water partition coefficient (Wildman–Crippen LogP) is 2.36. The number of nitrogens with zero attached hydrogens (tertiary/aromatic N) is 1. The highest BCUT2D eigenvalue weighted by Gasteiger charge is 2.18. The van der Waals surface area contributed by atoms with E-state index in [2.05, 4.69) is 5.32 Å². The van der Waals surface area contributed by atoms with E-state index in [1.807, 2.05) is 0 Å². The lowest BCUT2D eigenvalue weighted by molar-refractivity contribution is -0.384. The molecular formula is C18H16N2O7. The fourth-order valence-corrected chi connectivity index (χ4v) is 2.48. The first-order valence-electron chi connectivity index (χ1n) is 8.04. The number of ether oxygens (including phenoxy) is 3. The van der Waals surface area contributed by atoms with Crippen molar-refractivity contribution < 1.29 is 28.7 Å². The predicted molar refractivity (Wildman–Crippen MR) is 92.5 cm³/mol. The number of fused-ring (bicyclic) bond motifs is 1. The second kappa shape index (κ2) is 7.73. The van der Waals surface area contributed by atoms with Crippen LogP contribution in [0.4, 0.5) is 5.69 Å². The molecule has 0 spiro atoms. The zero-order chi connectivity index (χ0) is 19.4. The molecule has 27 heavy (non-hydrogen) atoms. The second-order valence-corrected chi connectivity index (χ2v) is 5.78. The molecule has 1 heterocycles. The Labute approximate surface area is 154 Å². The topological polar surface area (TPSA) is 117 Å². The Morgan fingerprint density at radius 1 is 1.19 bits per heavy atom. The van der Waals surface area contributed by atoms with Gasteiger partial charge in [0.15, 0.2) is 18.1 Å². The molecule has 0 aromatic heterocycles. The first-order chi connectivity index (χ1) is 12.9. The Kier molecular flexibility index (Phi) is 5.20. The Morgan fingerprint density at radius 3 is 2.59 bits per heavy atom. The number of carbonyl (C=O) groups is 2. The van der Waals surface area contributed by atoms with Crippen molar-refractivity contribution in [1.82, 2.24) is 5.32 Å². The summed E-state index contributed by atoms with van der Waals surface area (Å²) in [6.07, 6.45) is 0. The van der Waals surface area contributed by atoms with Gasteiger partial charge in [-0.25, -0.2) is 4.79 Å². The smallest absolute Gasteiger partial charge is 0.338 e. The number of nitro groups is 1. The summed E-state index contributed by atoms with van der Waals surface area (Å²) in [5.74, 6) is 0.0405. The molecule has 0 radical (unpaired) electrons. The van der Waals surface area contributed by atoms with Crippen LogP contribution >= 0.6 is 0 Å². The normalized spacial score (nSPS) is 12.9. The van der Waals surface area contributed by atoms with Crippen LogP contribution in [-0.4, -0.2) is 30.2 Å². The zero-order valence-electron chi connectivity index (χ0n) is 14.3. The van der Waals surface area contributed by atoms with Crippen molar-refractivity contribution in [3.05, 3.63) is 63.7 Å². The second-order valence-electron chi connectivity index (χ2n) is 5.78. The summed E-state index contributed by atoms with van der Waals surface area (Å²) in [5, 5.41) is 13.3. The van der Waals surface area contributed by atoms with E-state index in [4.69, 9.17) is 14.2 Å². The van der Waals surface area contributed by atoms with Gasteiger partial charge in [-0.3, -0.25) is 14.9 Å². The van der Waals surface area contributed by atoms with E-state index in [0.717, 1.165) is 5.56 Å². The summed E-state index contributed by atoms with van der Waals surface area (Å²) in [6.45, 7) is 1.48. The number of nitrogens with one attached hydrogen (secondary N) is 1. The minimum absolute atomic E-state index is 0.122. The van der Waals surface area contributed by atoms with E-state index in [9.17, 15) is 19.7 Å². The van der Waals surface area contributed by atoms with Crippen molar-refractivity contribution in [2.45, 2.75) is 13.0 Å². The number of non-ortho nitro benzene ring substituents is 1. The van der Waals surface area contributed by atoms with Gasteiger partial charge in [-0.15, -0.1) is 0 Å². The summed E-state index contributed by atoms with van der Waals surface area (Å²) in [7, 11) is 0. The van der Waals surface area contributed by atoms with E-state index in [1.54, 1.807) is 25.1 Å². The number of carbonyl (C=O) groups excluding carboxylic acids is 2. The van der Waals surface area contributed by atoms with E-state index < -0.39 is 23.4 Å². The third-order valence-corrected chi connectivity index (χ3v) is 3.92. The van der Waals surface area contributed by atoms with Gasteiger partial charge in [-0.2, -0.15) is 0 Å². The standard InChI is InChI=1S/C18H16N2O7/c1-11(13-4-7-15-16(8-13)27-10-26-15)19-17(21)9-25-18(22)12-2-5-14(6-3-12)20(23)24/h2-8,11H,9-10H2,1H3,(H,19,21)/t11-/m0/s1. The fraction of sp³-hybridized carbons (Fsp3) is 0.222. The van der Waals surface area contributed by atoms with Gasteiger partial charge in [0.25, 0.3) is 11.6 Å². The Hall–Kier alpha value is -3.62. The average molecular weight is 372 g/mol. The maximum atomic E-state index is 12.0. The maximum Gasteiger partial charge on any atom is 0.338 e. The first-order valence-corrected chi connectivity index (χ1v) is 8.04. The van der Waals surface area contributed by atoms with Gasteiger partial charge in [0.05, 0.1) is 16.5 Å². The molecule has 1 aliphatic rings. The molecule has 9 heteroatoms. The largest absolute Gasteiger partial charge is 0.454 e. The average Bonchev–Trinajstić information content (AvgIpc) is 3.13. The van der Waals surface area contributed by atoms with Crippen molar-refractivity contribution in [3.63, 3.8) is 0 Å². The van der Waals surface area contributed by atoms with Crippen LogP contribution in [0.3, 0.4) is 0 Å². The molecule has 3 rings (SSSR count). The van der Waals surface area contributed by atoms with Gasteiger partial charge in [-0.1, -0.05) is 6.07 Å². The van der Waals surface area contributed by atoms with Gasteiger partial charge >= 0.3 is 5.97 Å². The van der Waals surface area contributed by atoms with Gasteiger partial charge in [0, 0.05) is 12.1 Å². The Morgan fingerprint density at radius 2 is 1.89 bits per heavy atom. The van der Waals surface area contributed by atoms with Crippen LogP contribution in [0.15, 0.2) is 42.5 Å². The van der Waals surface area contributed by atoms with Crippen molar-refractivity contribution in [2.75, 3.05) is 13.4 Å². The van der Waals surface area contributed by atoms with Crippen LogP contribution in [0.2, 0.25) is 0 Å². The van der Waals surface area contributed by atoms with Crippen molar-refractivity contribution in [1.29, 1.82) is 0 Å². The van der Waals surface area contributed by atoms with E-state index >= 15 is 0 Å². The van der Waals surface area contributed by atoms with Crippen LogP contribution in [0.25, 0.3) is 0 Å². The fourth-order valence-electron chi connectivity index (χ4n) is 2.48. The van der Waals surface area contributed by atoms with Crippen molar-refractivity contribution in [2.24, 2.45) is 0 Å². The SMILES string of the molecule is C[C@H](NC(=O)COC(=O)c1ccc([N+](=O)[O-])cc1)c1ccc2c(c1)OCO2. The molecule has 0 saturated heterocycles. The molecular weight excluding hydrogens is 356 g/mol. The summed E-state index contributed by atoms with van der Waals surface area (Å²) >= 11 is 0. The number of hydrogen-bond acceptors (Lipinski definition) is 7. The van der Waals surface area contributed by atoms with Crippen LogP contribution in [0.1, 0.15) is 28.9 Å². The minimum Gasteiger partial charge on any atom is -0.454 e. The molecule has 1 aliphatic heterocycles. The zero-order valence-corrected chi connectivity index (χ0v) is 14.3. The summed E-state index contributed by atoms with van der Waals surface area (Å²) < 4.78 is 15.5. The molecule has 1 N–H and O–H groups in total. The molecule has 0 saturated carbocycles. The van der Waals surface area contributed by atoms with Gasteiger partial charge in [-0.05, 0) is 36.8 Å². The number of benzene rings is 2. The molecule has 0 unspecified atom stereocenters. The third-order valence-electron chi connectivity index (χ3n) is 3.92. The molecule has 140 valence electrons. The monoisotopic (exact) mass is 372 g/mol. The molecule has 1 atom stereocenters. The Balaban J connectivity index is 1.51. The molecule has 2 aromatic rings. The summed E-state index contributed by atoms with van der Waals surface area (Å²) in [6, 6.07) is 9.94. The number of nitro benzene ring substituents is 1. The molecule has 0 bridgehead atoms. The lowest BCUT2D eigenvalue weighted by Gasteiger charge is -2.15. The van der Waals surface area contributed by atoms with Crippen LogP contribution in [0, 0.1) is 10.1 Å². The summed E-state index contributed by atoms with van der Waals surface area (Å²) in [4.78, 5) is 33.9. The number of hydrogen-bond donors (Lipinski definition) is 1. The maximum absolute atomic E-state index is 12.0. The van der Waals surface area contributed by atoms with E-state index in [0.29, 0.717) is 11.5 Å². The van der Waals surface area contributed by atoms with Gasteiger partial charge in [0.1, 0.15) is 0 Å². The Bertz CT molecular complexity index is 880. The van der Waals surface area contributed by atoms with E-state index in [-0.39, 0.29) is 24.1 Å². The lowest BCUT2D eigenvalue weighted by atomic mass is 10.1. The van der Waals surface area contributed by atoms with Gasteiger partial charge in [0.2, 0.25) is 6.79 Å². The molecule has 1 amide bonds. The number of esters is 1. The van der Waals surface area contributed by atoms with Crippen molar-refractivity contribution in [3.8, 4) is 11.5 Å². The number of rotatable bonds is 6. The van der Waals surface area contributed by atoms with Crippen LogP contribution in [-0.2, 0) is 9.53 Å². The highest BCUT2D eigenvalue weighted by Crippen LogP contribution is 2.34. The van der Waals surface area contributed by atoms with Crippen molar-refractivity contribution >= 4 is 17.6 Å². The van der Waals surface area contributed by atoms with E-state index in [1.165, 1.54) is 24.3 Å². The lowest BCUT2D eigenvalue weighted by Crippen LogP contribution is -2.31. The quantitative estimate of drug-likeness (QED) is 0.470. The summed E-state index contributed by atoms with van der Waals surface area (Å²) in [5.41, 5.74) is 0.799. The first kappa shape index (κ1) is 18.2. The minimum atomic E-state index is -0.740. The highest BCUT2D eigenvalue weighted by molar-refractivity contribution is 5.91.